The Morgan fingerprint density at radius 1 is 1.07 bits per heavy atom. The van der Waals surface area contributed by atoms with E-state index >= 15 is 0 Å². The SMILES string of the molecule is CN=C(NCCC(C)N(C)Cc1ccccc1)NCc1ccc(S(N)(=O)=O)cc1. The molecule has 1 unspecified atom stereocenters. The number of hydrogen-bond acceptors (Lipinski definition) is 4. The number of nitrogens with one attached hydrogen (secondary N) is 2. The maximum atomic E-state index is 11.3. The molecule has 0 fully saturated rings. The first-order chi connectivity index (χ1) is 13.8. The fourth-order valence-corrected chi connectivity index (χ4v) is 3.37. The predicted octanol–water partition coefficient (Wildman–Crippen LogP) is 1.91. The van der Waals surface area contributed by atoms with Gasteiger partial charge in [0.15, 0.2) is 5.96 Å². The molecular weight excluding hydrogens is 386 g/mol. The highest BCUT2D eigenvalue weighted by molar-refractivity contribution is 7.89. The molecule has 1 atom stereocenters. The van der Waals surface area contributed by atoms with E-state index in [2.05, 4.69) is 58.8 Å². The Bertz CT molecular complexity index is 883. The van der Waals surface area contributed by atoms with Crippen LogP contribution in [0.4, 0.5) is 0 Å². The van der Waals surface area contributed by atoms with Crippen LogP contribution in [0.15, 0.2) is 64.5 Å². The second kappa shape index (κ2) is 10.9. The van der Waals surface area contributed by atoms with Gasteiger partial charge in [0, 0.05) is 32.7 Å². The van der Waals surface area contributed by atoms with Crippen LogP contribution in [0.25, 0.3) is 0 Å². The third-order valence-corrected chi connectivity index (χ3v) is 5.75. The second-order valence-corrected chi connectivity index (χ2v) is 8.64. The number of rotatable bonds is 9. The number of hydrogen-bond donors (Lipinski definition) is 3. The molecule has 0 aliphatic rings. The smallest absolute Gasteiger partial charge is 0.238 e. The van der Waals surface area contributed by atoms with E-state index in [1.807, 2.05) is 6.07 Å². The van der Waals surface area contributed by atoms with Crippen LogP contribution in [0.3, 0.4) is 0 Å². The molecule has 0 saturated carbocycles. The van der Waals surface area contributed by atoms with Crippen LogP contribution >= 0.6 is 0 Å². The van der Waals surface area contributed by atoms with Crippen LogP contribution in [0.2, 0.25) is 0 Å². The number of nitrogens with zero attached hydrogens (tertiary/aromatic N) is 2. The van der Waals surface area contributed by atoms with Crippen molar-refractivity contribution in [2.45, 2.75) is 37.4 Å². The fraction of sp³-hybridized carbons (Fsp3) is 0.381. The van der Waals surface area contributed by atoms with E-state index in [9.17, 15) is 8.42 Å². The predicted molar refractivity (Wildman–Crippen MR) is 118 cm³/mol. The Kier molecular flexibility index (Phi) is 8.63. The normalized spacial score (nSPS) is 13.3. The number of guanidine groups is 1. The van der Waals surface area contributed by atoms with Crippen molar-refractivity contribution in [1.29, 1.82) is 0 Å². The van der Waals surface area contributed by atoms with Crippen LogP contribution in [0.5, 0.6) is 0 Å². The molecule has 0 aliphatic carbocycles. The topological polar surface area (TPSA) is 99.8 Å². The van der Waals surface area contributed by atoms with Crippen LogP contribution in [0, 0.1) is 0 Å². The standard InChI is InChI=1S/C21H31N5O2S/c1-17(26(3)16-19-7-5-4-6-8-19)13-14-24-21(23-2)25-15-18-9-11-20(12-10-18)29(22,27)28/h4-12,17H,13-16H2,1-3H3,(H2,22,27,28)(H2,23,24,25). The lowest BCUT2D eigenvalue weighted by Gasteiger charge is -2.25. The van der Waals surface area contributed by atoms with E-state index in [4.69, 9.17) is 5.14 Å². The van der Waals surface area contributed by atoms with Crippen molar-refractivity contribution in [2.75, 3.05) is 20.6 Å². The van der Waals surface area contributed by atoms with Gasteiger partial charge in [-0.05, 0) is 43.7 Å². The molecular formula is C21H31N5O2S. The van der Waals surface area contributed by atoms with Gasteiger partial charge in [0.25, 0.3) is 0 Å². The van der Waals surface area contributed by atoms with Gasteiger partial charge in [-0.3, -0.25) is 9.89 Å². The summed E-state index contributed by atoms with van der Waals surface area (Å²) in [6, 6.07) is 17.4. The quantitative estimate of drug-likeness (QED) is 0.427. The van der Waals surface area contributed by atoms with Crippen LogP contribution in [-0.2, 0) is 23.1 Å². The first-order valence-corrected chi connectivity index (χ1v) is 11.1. The third-order valence-electron chi connectivity index (χ3n) is 4.82. The van der Waals surface area contributed by atoms with Gasteiger partial charge >= 0.3 is 0 Å². The van der Waals surface area contributed by atoms with Gasteiger partial charge in [-0.1, -0.05) is 42.5 Å². The first-order valence-electron chi connectivity index (χ1n) is 9.60. The van der Waals surface area contributed by atoms with Crippen molar-refractivity contribution in [3.8, 4) is 0 Å². The zero-order valence-electron chi connectivity index (χ0n) is 17.3. The summed E-state index contributed by atoms with van der Waals surface area (Å²) in [5.41, 5.74) is 2.25. The van der Waals surface area contributed by atoms with Crippen LogP contribution in [0.1, 0.15) is 24.5 Å². The lowest BCUT2D eigenvalue weighted by atomic mass is 10.1. The minimum atomic E-state index is -3.66. The summed E-state index contributed by atoms with van der Waals surface area (Å²) in [7, 11) is 0.198. The van der Waals surface area contributed by atoms with E-state index in [-0.39, 0.29) is 4.90 Å². The first kappa shape index (κ1) is 22.9. The van der Waals surface area contributed by atoms with Gasteiger partial charge in [0.2, 0.25) is 10.0 Å². The molecule has 2 aromatic rings. The lowest BCUT2D eigenvalue weighted by Crippen LogP contribution is -2.39. The van der Waals surface area contributed by atoms with E-state index in [1.54, 1.807) is 19.2 Å². The number of nitrogens with two attached hydrogens (primary N) is 1. The van der Waals surface area contributed by atoms with Crippen molar-refractivity contribution in [1.82, 2.24) is 15.5 Å². The highest BCUT2D eigenvalue weighted by atomic mass is 32.2. The molecule has 0 heterocycles. The molecule has 4 N–H and O–H groups in total. The molecule has 158 valence electrons. The van der Waals surface area contributed by atoms with E-state index in [0.29, 0.717) is 18.5 Å². The summed E-state index contributed by atoms with van der Waals surface area (Å²) < 4.78 is 22.6. The lowest BCUT2D eigenvalue weighted by molar-refractivity contribution is 0.238. The van der Waals surface area contributed by atoms with Gasteiger partial charge in [-0.2, -0.15) is 0 Å². The maximum Gasteiger partial charge on any atom is 0.238 e. The summed E-state index contributed by atoms with van der Waals surface area (Å²) in [5, 5.41) is 11.7. The molecule has 0 bridgehead atoms. The molecule has 0 aliphatic heterocycles. The molecule has 0 saturated heterocycles. The van der Waals surface area contributed by atoms with Crippen molar-refractivity contribution >= 4 is 16.0 Å². The Morgan fingerprint density at radius 3 is 2.31 bits per heavy atom. The van der Waals surface area contributed by atoms with Gasteiger partial charge in [0.05, 0.1) is 4.90 Å². The summed E-state index contributed by atoms with van der Waals surface area (Å²) >= 11 is 0. The van der Waals surface area contributed by atoms with Gasteiger partial charge < -0.3 is 10.6 Å². The van der Waals surface area contributed by atoms with E-state index in [0.717, 1.165) is 25.1 Å². The van der Waals surface area contributed by atoms with Gasteiger partial charge in [0.1, 0.15) is 0 Å². The Labute approximate surface area is 174 Å². The number of primary sulfonamides is 1. The number of sulfonamides is 1. The van der Waals surface area contributed by atoms with Crippen molar-refractivity contribution in [2.24, 2.45) is 10.1 Å². The monoisotopic (exact) mass is 417 g/mol. The summed E-state index contributed by atoms with van der Waals surface area (Å²) in [4.78, 5) is 6.68. The highest BCUT2D eigenvalue weighted by Gasteiger charge is 2.10. The van der Waals surface area contributed by atoms with Crippen molar-refractivity contribution in [3.63, 3.8) is 0 Å². The zero-order chi connectivity index (χ0) is 21.3. The molecule has 0 aromatic heterocycles. The number of aliphatic imine (C=N–C) groups is 1. The van der Waals surface area contributed by atoms with Crippen LogP contribution in [-0.4, -0.2) is 46.0 Å². The Morgan fingerprint density at radius 2 is 1.72 bits per heavy atom. The van der Waals surface area contributed by atoms with Gasteiger partial charge in [-0.25, -0.2) is 13.6 Å². The average Bonchev–Trinajstić information content (AvgIpc) is 2.70. The summed E-state index contributed by atoms with van der Waals surface area (Å²) in [6.07, 6.45) is 0.979. The van der Waals surface area contributed by atoms with Crippen LogP contribution < -0.4 is 15.8 Å². The molecule has 2 aromatic carbocycles. The van der Waals surface area contributed by atoms with E-state index in [1.165, 1.54) is 17.7 Å². The molecule has 0 radical (unpaired) electrons. The minimum absolute atomic E-state index is 0.109. The largest absolute Gasteiger partial charge is 0.356 e. The number of benzene rings is 2. The highest BCUT2D eigenvalue weighted by Crippen LogP contribution is 2.09. The molecule has 2 rings (SSSR count). The minimum Gasteiger partial charge on any atom is -0.356 e. The molecule has 29 heavy (non-hydrogen) atoms. The zero-order valence-corrected chi connectivity index (χ0v) is 18.1. The van der Waals surface area contributed by atoms with Gasteiger partial charge in [-0.15, -0.1) is 0 Å². The Balaban J connectivity index is 1.74. The molecule has 7 nitrogen and oxygen atoms in total. The second-order valence-electron chi connectivity index (χ2n) is 7.08. The van der Waals surface area contributed by atoms with Crippen molar-refractivity contribution in [3.05, 3.63) is 65.7 Å². The molecule has 0 amide bonds. The van der Waals surface area contributed by atoms with Crippen molar-refractivity contribution < 1.29 is 8.42 Å². The Hall–Kier alpha value is -2.42. The van der Waals surface area contributed by atoms with E-state index < -0.39 is 10.0 Å². The average molecular weight is 418 g/mol. The molecule has 0 spiro atoms. The third kappa shape index (κ3) is 7.84. The maximum absolute atomic E-state index is 11.3. The molecule has 8 heteroatoms. The summed E-state index contributed by atoms with van der Waals surface area (Å²) in [5.74, 6) is 0.707. The summed E-state index contributed by atoms with van der Waals surface area (Å²) in [6.45, 7) is 4.47. The fourth-order valence-electron chi connectivity index (χ4n) is 2.85.